The van der Waals surface area contributed by atoms with Crippen LogP contribution >= 0.6 is 0 Å². The summed E-state index contributed by atoms with van der Waals surface area (Å²) in [5.74, 6) is 0.746. The average molecular weight is 345 g/mol. The third-order valence-corrected chi connectivity index (χ3v) is 7.43. The van der Waals surface area contributed by atoms with E-state index in [1.54, 1.807) is 0 Å². The van der Waals surface area contributed by atoms with E-state index in [9.17, 15) is 18.3 Å². The molecular weight excluding hydrogens is 318 g/mol. The Hall–Kier alpha value is -0.660. The molecule has 1 N–H and O–H groups in total. The summed E-state index contributed by atoms with van der Waals surface area (Å²) < 4.78 is 28.8. The van der Waals surface area contributed by atoms with Crippen LogP contribution in [0.15, 0.2) is 0 Å². The van der Waals surface area contributed by atoms with E-state index < -0.39 is 21.5 Å². The Balaban J connectivity index is 1.49. The van der Waals surface area contributed by atoms with Crippen molar-refractivity contribution in [3.8, 4) is 0 Å². The minimum absolute atomic E-state index is 0.120. The molecule has 0 bridgehead atoms. The molecule has 7 heteroatoms. The molecule has 0 aromatic rings. The van der Waals surface area contributed by atoms with E-state index >= 15 is 0 Å². The van der Waals surface area contributed by atoms with Gasteiger partial charge in [-0.2, -0.15) is 0 Å². The molecular formula is C16H27NO5S. The van der Waals surface area contributed by atoms with Gasteiger partial charge in [-0.05, 0) is 44.4 Å². The smallest absolute Gasteiger partial charge is 0.222 e. The lowest BCUT2D eigenvalue weighted by atomic mass is 9.82. The number of carbonyl (C=O) groups is 1. The van der Waals surface area contributed by atoms with Crippen LogP contribution in [-0.4, -0.2) is 67.2 Å². The Bertz CT molecular complexity index is 525. The highest BCUT2D eigenvalue weighted by molar-refractivity contribution is 7.91. The molecule has 0 aliphatic carbocycles. The number of aliphatic hydroxyl groups is 1. The van der Waals surface area contributed by atoms with Gasteiger partial charge in [0.1, 0.15) is 9.84 Å². The van der Waals surface area contributed by atoms with Crippen LogP contribution in [0.5, 0.6) is 0 Å². The summed E-state index contributed by atoms with van der Waals surface area (Å²) in [5.41, 5.74) is -0.450. The maximum atomic E-state index is 12.5. The quantitative estimate of drug-likeness (QED) is 0.798. The van der Waals surface area contributed by atoms with Crippen LogP contribution in [0.4, 0.5) is 0 Å². The molecule has 3 aliphatic rings. The zero-order chi connectivity index (χ0) is 16.5. The highest BCUT2D eigenvalue weighted by Crippen LogP contribution is 2.35. The topological polar surface area (TPSA) is 83.9 Å². The van der Waals surface area contributed by atoms with Gasteiger partial charge in [0.25, 0.3) is 0 Å². The molecule has 23 heavy (non-hydrogen) atoms. The first-order valence-corrected chi connectivity index (χ1v) is 10.5. The Morgan fingerprint density at radius 3 is 2.43 bits per heavy atom. The fourth-order valence-electron chi connectivity index (χ4n) is 4.04. The number of hydrogen-bond acceptors (Lipinski definition) is 5. The number of carbonyl (C=O) groups excluding carboxylic acids is 1. The molecule has 1 spiro atoms. The molecule has 1 amide bonds. The number of ether oxygens (including phenoxy) is 1. The van der Waals surface area contributed by atoms with Gasteiger partial charge >= 0.3 is 0 Å². The molecule has 3 aliphatic heterocycles. The molecule has 1 atom stereocenters. The number of likely N-dealkylation sites (tertiary alicyclic amines) is 1. The molecule has 0 aromatic heterocycles. The maximum absolute atomic E-state index is 12.5. The molecule has 132 valence electrons. The Morgan fingerprint density at radius 1 is 1.17 bits per heavy atom. The number of rotatable bonds is 2. The lowest BCUT2D eigenvalue weighted by molar-refractivity contribution is -0.180. The minimum Gasteiger partial charge on any atom is -0.390 e. The number of sulfone groups is 1. The lowest BCUT2D eigenvalue weighted by Crippen LogP contribution is -2.56. The van der Waals surface area contributed by atoms with Crippen LogP contribution in [0.3, 0.4) is 0 Å². The first kappa shape index (κ1) is 17.2. The highest BCUT2D eigenvalue weighted by Gasteiger charge is 2.44. The van der Waals surface area contributed by atoms with E-state index in [1.165, 1.54) is 0 Å². The van der Waals surface area contributed by atoms with Crippen LogP contribution in [0.25, 0.3) is 0 Å². The van der Waals surface area contributed by atoms with Gasteiger partial charge in [0.05, 0.1) is 23.2 Å². The summed E-state index contributed by atoms with van der Waals surface area (Å²) in [6, 6.07) is 0. The number of aliphatic hydroxyl groups excluding tert-OH is 1. The fourth-order valence-corrected chi connectivity index (χ4v) is 5.63. The maximum Gasteiger partial charge on any atom is 0.222 e. The predicted octanol–water partition coefficient (Wildman–Crippen LogP) is 0.734. The third-order valence-electron chi connectivity index (χ3n) is 5.72. The average Bonchev–Trinajstić information content (AvgIpc) is 2.53. The van der Waals surface area contributed by atoms with Gasteiger partial charge in [0, 0.05) is 26.1 Å². The Kier molecular flexibility index (Phi) is 4.99. The van der Waals surface area contributed by atoms with Gasteiger partial charge in [-0.1, -0.05) is 0 Å². The second kappa shape index (κ2) is 6.69. The second-order valence-corrected chi connectivity index (χ2v) is 9.56. The van der Waals surface area contributed by atoms with Crippen molar-refractivity contribution in [1.82, 2.24) is 4.90 Å². The van der Waals surface area contributed by atoms with Gasteiger partial charge in [-0.25, -0.2) is 8.42 Å². The van der Waals surface area contributed by atoms with Crippen molar-refractivity contribution in [2.75, 3.05) is 31.2 Å². The molecule has 3 rings (SSSR count). The Morgan fingerprint density at radius 2 is 1.83 bits per heavy atom. The molecule has 3 heterocycles. The zero-order valence-electron chi connectivity index (χ0n) is 13.6. The van der Waals surface area contributed by atoms with Crippen LogP contribution < -0.4 is 0 Å². The highest BCUT2D eigenvalue weighted by atomic mass is 32.2. The number of piperidine rings is 1. The molecule has 3 saturated heterocycles. The van der Waals surface area contributed by atoms with Crippen molar-refractivity contribution >= 4 is 15.7 Å². The predicted molar refractivity (Wildman–Crippen MR) is 85.7 cm³/mol. The third kappa shape index (κ3) is 3.88. The molecule has 6 nitrogen and oxygen atoms in total. The van der Waals surface area contributed by atoms with Crippen molar-refractivity contribution in [3.05, 3.63) is 0 Å². The zero-order valence-corrected chi connectivity index (χ0v) is 14.4. The first-order valence-electron chi connectivity index (χ1n) is 8.70. The number of amides is 1. The summed E-state index contributed by atoms with van der Waals surface area (Å²) in [6.07, 6.45) is 4.31. The van der Waals surface area contributed by atoms with Crippen molar-refractivity contribution in [2.45, 2.75) is 56.7 Å². The first-order chi connectivity index (χ1) is 10.9. The molecule has 0 aromatic carbocycles. The largest absolute Gasteiger partial charge is 0.390 e. The number of hydrogen-bond donors (Lipinski definition) is 1. The van der Waals surface area contributed by atoms with E-state index in [0.29, 0.717) is 51.8 Å². The van der Waals surface area contributed by atoms with E-state index in [2.05, 4.69) is 0 Å². The SMILES string of the molecule is O=C(CC1CCS(=O)(=O)CC1)N1CCC2(CC1)OCCC[C@H]2O. The van der Waals surface area contributed by atoms with Crippen molar-refractivity contribution in [1.29, 1.82) is 0 Å². The summed E-state index contributed by atoms with van der Waals surface area (Å²) in [7, 11) is -2.87. The van der Waals surface area contributed by atoms with Crippen LogP contribution in [0.2, 0.25) is 0 Å². The van der Waals surface area contributed by atoms with Crippen LogP contribution in [-0.2, 0) is 19.4 Å². The van der Waals surface area contributed by atoms with Gasteiger partial charge in [-0.15, -0.1) is 0 Å². The minimum atomic E-state index is -2.87. The van der Waals surface area contributed by atoms with Gasteiger partial charge in [0.15, 0.2) is 0 Å². The second-order valence-electron chi connectivity index (χ2n) is 7.25. The van der Waals surface area contributed by atoms with Gasteiger partial charge in [-0.3, -0.25) is 4.79 Å². The summed E-state index contributed by atoms with van der Waals surface area (Å²) in [4.78, 5) is 14.3. The molecule has 0 saturated carbocycles. The van der Waals surface area contributed by atoms with E-state index in [4.69, 9.17) is 4.74 Å². The van der Waals surface area contributed by atoms with E-state index in [-0.39, 0.29) is 23.3 Å². The van der Waals surface area contributed by atoms with Gasteiger partial charge in [0.2, 0.25) is 5.91 Å². The van der Waals surface area contributed by atoms with Crippen molar-refractivity contribution in [2.24, 2.45) is 5.92 Å². The summed E-state index contributed by atoms with van der Waals surface area (Å²) >= 11 is 0. The standard InChI is InChI=1S/C16H27NO5S/c18-14-2-1-9-22-16(14)5-7-17(8-6-16)15(19)12-13-3-10-23(20,21)11-4-13/h13-14,18H,1-12H2/t14-/m1/s1. The van der Waals surface area contributed by atoms with Crippen molar-refractivity contribution < 1.29 is 23.1 Å². The van der Waals surface area contributed by atoms with E-state index in [1.807, 2.05) is 4.90 Å². The van der Waals surface area contributed by atoms with E-state index in [0.717, 1.165) is 12.8 Å². The number of nitrogens with zero attached hydrogens (tertiary/aromatic N) is 1. The normalized spacial score (nSPS) is 31.2. The van der Waals surface area contributed by atoms with Crippen LogP contribution in [0.1, 0.15) is 44.9 Å². The summed E-state index contributed by atoms with van der Waals surface area (Å²) in [5, 5.41) is 10.2. The molecule has 3 fully saturated rings. The molecule has 0 radical (unpaired) electrons. The van der Waals surface area contributed by atoms with Gasteiger partial charge < -0.3 is 14.7 Å². The lowest BCUT2D eigenvalue weighted by Gasteiger charge is -2.46. The Labute approximate surface area is 138 Å². The van der Waals surface area contributed by atoms with Crippen LogP contribution in [0, 0.1) is 5.92 Å². The summed E-state index contributed by atoms with van der Waals surface area (Å²) in [6.45, 7) is 1.95. The fraction of sp³-hybridized carbons (Fsp3) is 0.938. The molecule has 0 unspecified atom stereocenters. The van der Waals surface area contributed by atoms with Crippen molar-refractivity contribution in [3.63, 3.8) is 0 Å². The monoisotopic (exact) mass is 345 g/mol.